The lowest BCUT2D eigenvalue weighted by Gasteiger charge is -2.10. The molecule has 1 aromatic heterocycles. The maximum Gasteiger partial charge on any atom is 0.259 e. The lowest BCUT2D eigenvalue weighted by molar-refractivity contribution is 0.340. The van der Waals surface area contributed by atoms with E-state index in [9.17, 15) is 9.90 Å². The SMILES string of the molecule is COc1cc(C=C(Cl)c2nc3ccccc3c(=O)[nH]2)cc(OC)c1O. The van der Waals surface area contributed by atoms with Gasteiger partial charge >= 0.3 is 0 Å². The van der Waals surface area contributed by atoms with Gasteiger partial charge in [0.05, 0.1) is 30.2 Å². The molecule has 0 bridgehead atoms. The number of phenolic OH excluding ortho intramolecular Hbond substituents is 1. The molecule has 1 heterocycles. The molecule has 0 spiro atoms. The first-order chi connectivity index (χ1) is 12.0. The smallest absolute Gasteiger partial charge is 0.259 e. The lowest BCUT2D eigenvalue weighted by Crippen LogP contribution is -2.10. The average molecular weight is 359 g/mol. The molecule has 0 amide bonds. The highest BCUT2D eigenvalue weighted by Crippen LogP contribution is 2.38. The molecule has 0 aliphatic rings. The second kappa shape index (κ2) is 6.86. The van der Waals surface area contributed by atoms with E-state index in [0.717, 1.165) is 0 Å². The van der Waals surface area contributed by atoms with Crippen molar-refractivity contribution in [2.45, 2.75) is 0 Å². The second-order valence-corrected chi connectivity index (χ2v) is 5.61. The number of H-pyrrole nitrogens is 1. The summed E-state index contributed by atoms with van der Waals surface area (Å²) >= 11 is 6.33. The Bertz CT molecular complexity index is 1000. The van der Waals surface area contributed by atoms with Gasteiger partial charge in [0.2, 0.25) is 5.75 Å². The molecule has 0 unspecified atom stereocenters. The summed E-state index contributed by atoms with van der Waals surface area (Å²) < 4.78 is 10.2. The van der Waals surface area contributed by atoms with E-state index < -0.39 is 0 Å². The number of aromatic nitrogens is 2. The summed E-state index contributed by atoms with van der Waals surface area (Å²) in [5.41, 5.74) is 0.897. The topological polar surface area (TPSA) is 84.4 Å². The third-order valence-corrected chi connectivity index (χ3v) is 3.92. The van der Waals surface area contributed by atoms with Crippen molar-refractivity contribution in [3.63, 3.8) is 0 Å². The number of halogens is 1. The number of nitrogens with zero attached hydrogens (tertiary/aromatic N) is 1. The van der Waals surface area contributed by atoms with Crippen LogP contribution in [-0.2, 0) is 0 Å². The lowest BCUT2D eigenvalue weighted by atomic mass is 10.1. The molecule has 7 heteroatoms. The highest BCUT2D eigenvalue weighted by molar-refractivity contribution is 6.50. The number of fused-ring (bicyclic) bond motifs is 1. The minimum atomic E-state index is -0.270. The van der Waals surface area contributed by atoms with Gasteiger partial charge in [-0.1, -0.05) is 23.7 Å². The van der Waals surface area contributed by atoms with Crippen molar-refractivity contribution < 1.29 is 14.6 Å². The fraction of sp³-hybridized carbons (Fsp3) is 0.111. The van der Waals surface area contributed by atoms with Crippen LogP contribution in [-0.4, -0.2) is 29.3 Å². The van der Waals surface area contributed by atoms with E-state index in [0.29, 0.717) is 16.5 Å². The van der Waals surface area contributed by atoms with Gasteiger partial charge in [-0.25, -0.2) is 4.98 Å². The van der Waals surface area contributed by atoms with E-state index in [1.54, 1.807) is 42.5 Å². The largest absolute Gasteiger partial charge is 0.502 e. The number of benzene rings is 2. The van der Waals surface area contributed by atoms with Gasteiger partial charge in [-0.15, -0.1) is 0 Å². The van der Waals surface area contributed by atoms with Crippen LogP contribution in [0.25, 0.3) is 22.0 Å². The van der Waals surface area contributed by atoms with Crippen LogP contribution in [0, 0.1) is 0 Å². The monoisotopic (exact) mass is 358 g/mol. The van der Waals surface area contributed by atoms with Crippen molar-refractivity contribution in [3.8, 4) is 17.2 Å². The molecule has 25 heavy (non-hydrogen) atoms. The van der Waals surface area contributed by atoms with Gasteiger partial charge in [-0.3, -0.25) is 4.79 Å². The molecule has 0 radical (unpaired) electrons. The second-order valence-electron chi connectivity index (χ2n) is 5.20. The highest BCUT2D eigenvalue weighted by atomic mass is 35.5. The molecule has 0 saturated carbocycles. The highest BCUT2D eigenvalue weighted by Gasteiger charge is 2.12. The summed E-state index contributed by atoms with van der Waals surface area (Å²) in [6.45, 7) is 0. The van der Waals surface area contributed by atoms with Crippen molar-refractivity contribution in [1.82, 2.24) is 9.97 Å². The van der Waals surface area contributed by atoms with Crippen molar-refractivity contribution in [1.29, 1.82) is 0 Å². The van der Waals surface area contributed by atoms with E-state index in [-0.39, 0.29) is 33.7 Å². The molecule has 0 fully saturated rings. The molecular weight excluding hydrogens is 344 g/mol. The Morgan fingerprint density at radius 1 is 1.20 bits per heavy atom. The molecule has 0 aliphatic carbocycles. The van der Waals surface area contributed by atoms with Crippen LogP contribution >= 0.6 is 11.6 Å². The quantitative estimate of drug-likeness (QED) is 0.746. The van der Waals surface area contributed by atoms with E-state index in [1.807, 2.05) is 0 Å². The van der Waals surface area contributed by atoms with Crippen molar-refractivity contribution in [2.75, 3.05) is 14.2 Å². The van der Waals surface area contributed by atoms with Crippen LogP contribution in [0.4, 0.5) is 0 Å². The molecule has 6 nitrogen and oxygen atoms in total. The first-order valence-electron chi connectivity index (χ1n) is 7.35. The van der Waals surface area contributed by atoms with Gasteiger partial charge in [-0.2, -0.15) is 0 Å². The Morgan fingerprint density at radius 2 is 1.84 bits per heavy atom. The number of rotatable bonds is 4. The van der Waals surface area contributed by atoms with Crippen LogP contribution < -0.4 is 15.0 Å². The summed E-state index contributed by atoms with van der Waals surface area (Å²) in [4.78, 5) is 19.2. The number of nitrogens with one attached hydrogen (secondary N) is 1. The first kappa shape index (κ1) is 16.9. The van der Waals surface area contributed by atoms with Crippen LogP contribution in [0.15, 0.2) is 41.2 Å². The van der Waals surface area contributed by atoms with Gasteiger partial charge in [-0.05, 0) is 35.9 Å². The summed E-state index contributed by atoms with van der Waals surface area (Å²) in [5, 5.41) is 10.7. The maximum absolute atomic E-state index is 12.1. The van der Waals surface area contributed by atoms with Gasteiger partial charge in [0.25, 0.3) is 5.56 Å². The minimum absolute atomic E-state index is 0.101. The van der Waals surface area contributed by atoms with E-state index in [1.165, 1.54) is 14.2 Å². The Hall–Kier alpha value is -2.99. The van der Waals surface area contributed by atoms with Crippen LogP contribution in [0.3, 0.4) is 0 Å². The zero-order chi connectivity index (χ0) is 18.0. The van der Waals surface area contributed by atoms with Crippen LogP contribution in [0.1, 0.15) is 11.4 Å². The number of ether oxygens (including phenoxy) is 2. The average Bonchev–Trinajstić information content (AvgIpc) is 2.62. The molecule has 0 atom stereocenters. The fourth-order valence-electron chi connectivity index (χ4n) is 2.41. The van der Waals surface area contributed by atoms with E-state index >= 15 is 0 Å². The van der Waals surface area contributed by atoms with Crippen LogP contribution in [0.2, 0.25) is 0 Å². The Kier molecular flexibility index (Phi) is 4.63. The minimum Gasteiger partial charge on any atom is -0.502 e. The first-order valence-corrected chi connectivity index (χ1v) is 7.73. The molecule has 2 N–H and O–H groups in total. The zero-order valence-electron chi connectivity index (χ0n) is 13.5. The molecule has 3 rings (SSSR count). The number of aromatic hydroxyl groups is 1. The summed E-state index contributed by atoms with van der Waals surface area (Å²) in [7, 11) is 2.87. The third kappa shape index (κ3) is 3.29. The number of methoxy groups -OCH3 is 2. The molecule has 3 aromatic rings. The third-order valence-electron chi connectivity index (χ3n) is 3.63. The maximum atomic E-state index is 12.1. The van der Waals surface area contributed by atoms with Crippen molar-refractivity contribution in [2.24, 2.45) is 0 Å². The normalized spacial score (nSPS) is 11.6. The summed E-state index contributed by atoms with van der Waals surface area (Å²) in [5.74, 6) is 0.636. The summed E-state index contributed by atoms with van der Waals surface area (Å²) in [6, 6.07) is 10.2. The fourth-order valence-corrected chi connectivity index (χ4v) is 2.63. The number of hydrogen-bond acceptors (Lipinski definition) is 5. The van der Waals surface area contributed by atoms with Gasteiger partial charge < -0.3 is 19.6 Å². The van der Waals surface area contributed by atoms with Gasteiger partial charge in [0, 0.05) is 0 Å². The van der Waals surface area contributed by atoms with Gasteiger partial charge in [0.1, 0.15) is 0 Å². The Balaban J connectivity index is 2.09. The molecule has 0 saturated heterocycles. The van der Waals surface area contributed by atoms with E-state index in [2.05, 4.69) is 9.97 Å². The Labute approximate surface area is 148 Å². The predicted molar refractivity (Wildman–Crippen MR) is 97.3 cm³/mol. The number of aromatic amines is 1. The molecule has 2 aromatic carbocycles. The standard InChI is InChI=1S/C18H15ClN2O4/c1-24-14-8-10(9-15(25-2)16(14)22)7-12(19)17-20-13-6-4-3-5-11(13)18(23)21-17/h3-9,22H,1-2H3,(H,20,21,23). The molecule has 128 valence electrons. The van der Waals surface area contributed by atoms with Crippen LogP contribution in [0.5, 0.6) is 17.2 Å². The number of hydrogen-bond donors (Lipinski definition) is 2. The molecular formula is C18H15ClN2O4. The predicted octanol–water partition coefficient (Wildman–Crippen LogP) is 3.38. The van der Waals surface area contributed by atoms with E-state index in [4.69, 9.17) is 21.1 Å². The number of para-hydroxylation sites is 1. The Morgan fingerprint density at radius 3 is 2.48 bits per heavy atom. The van der Waals surface area contributed by atoms with Crippen molar-refractivity contribution >= 4 is 33.6 Å². The van der Waals surface area contributed by atoms with Gasteiger partial charge in [0.15, 0.2) is 17.3 Å². The summed E-state index contributed by atoms with van der Waals surface area (Å²) in [6.07, 6.45) is 1.60. The van der Waals surface area contributed by atoms with Crippen molar-refractivity contribution in [3.05, 3.63) is 58.1 Å². The molecule has 0 aliphatic heterocycles. The number of phenols is 1. The zero-order valence-corrected chi connectivity index (χ0v) is 14.3.